The Bertz CT molecular complexity index is 395. The summed E-state index contributed by atoms with van der Waals surface area (Å²) < 4.78 is 12.3. The zero-order valence-electron chi connectivity index (χ0n) is 7.20. The minimum atomic E-state index is -1.46. The molecule has 1 aromatic carbocycles. The van der Waals surface area contributed by atoms with Gasteiger partial charge in [0.25, 0.3) is 0 Å². The van der Waals surface area contributed by atoms with Gasteiger partial charge in [0.1, 0.15) is 5.75 Å². The van der Waals surface area contributed by atoms with Crippen molar-refractivity contribution in [2.75, 3.05) is 11.5 Å². The predicted molar refractivity (Wildman–Crippen MR) is 59.0 cm³/mol. The van der Waals surface area contributed by atoms with Gasteiger partial charge >= 0.3 is 0 Å². The highest BCUT2D eigenvalue weighted by Gasteiger charge is 2.10. The maximum atomic E-state index is 11.5. The normalized spacial score (nSPS) is 12.4. The van der Waals surface area contributed by atoms with Crippen molar-refractivity contribution in [3.05, 3.63) is 22.7 Å². The summed E-state index contributed by atoms with van der Waals surface area (Å²) in [7, 11) is -1.46. The first-order chi connectivity index (χ1) is 6.50. The van der Waals surface area contributed by atoms with E-state index in [1.165, 1.54) is 0 Å². The Balaban J connectivity index is 3.00. The molecule has 0 aromatic heterocycles. The zero-order valence-corrected chi connectivity index (χ0v) is 9.60. The van der Waals surface area contributed by atoms with Gasteiger partial charge in [-0.15, -0.1) is 0 Å². The fraction of sp³-hybridized carbons (Fsp3) is 0.125. The van der Waals surface area contributed by atoms with E-state index in [0.717, 1.165) is 4.47 Å². The van der Waals surface area contributed by atoms with Gasteiger partial charge in [0.2, 0.25) is 5.91 Å². The number of halogens is 1. The van der Waals surface area contributed by atoms with Crippen molar-refractivity contribution in [3.63, 3.8) is 0 Å². The largest absolute Gasteiger partial charge is 0.398 e. The minimum absolute atomic E-state index is 0.208. The maximum absolute atomic E-state index is 11.5. The molecule has 0 aliphatic rings. The molecule has 0 radical (unpaired) electrons. The lowest BCUT2D eigenvalue weighted by Crippen LogP contribution is -2.19. The van der Waals surface area contributed by atoms with Crippen LogP contribution < -0.4 is 11.5 Å². The van der Waals surface area contributed by atoms with Crippen LogP contribution in [0, 0.1) is 0 Å². The van der Waals surface area contributed by atoms with Crippen LogP contribution >= 0.6 is 15.9 Å². The van der Waals surface area contributed by atoms with Gasteiger partial charge in [0.05, 0.1) is 15.7 Å². The van der Waals surface area contributed by atoms with Crippen molar-refractivity contribution in [1.82, 2.24) is 0 Å². The highest BCUT2D eigenvalue weighted by atomic mass is 79.9. The van der Waals surface area contributed by atoms with Gasteiger partial charge in [-0.25, -0.2) is 0 Å². The summed E-state index contributed by atoms with van der Waals surface area (Å²) in [5.74, 6) is -0.816. The Labute approximate surface area is 92.2 Å². The van der Waals surface area contributed by atoms with E-state index in [0.29, 0.717) is 10.6 Å². The fourth-order valence-electron chi connectivity index (χ4n) is 0.912. The van der Waals surface area contributed by atoms with E-state index < -0.39 is 16.7 Å². The Morgan fingerprint density at radius 2 is 2.14 bits per heavy atom. The molecule has 4 nitrogen and oxygen atoms in total. The van der Waals surface area contributed by atoms with Gasteiger partial charge < -0.3 is 11.5 Å². The van der Waals surface area contributed by atoms with Crippen LogP contribution in [0.1, 0.15) is 0 Å². The standard InChI is InChI=1S/C8H9BrN2O2S/c9-5-1-2-6(10)7(3-5)14(13)4-8(11)12/h1-3H,4,10H2,(H2,11,12). The van der Waals surface area contributed by atoms with Crippen molar-refractivity contribution < 1.29 is 9.00 Å². The number of hydrogen-bond acceptors (Lipinski definition) is 3. The third kappa shape index (κ3) is 2.81. The minimum Gasteiger partial charge on any atom is -0.398 e. The molecule has 6 heteroatoms. The first kappa shape index (κ1) is 11.2. The van der Waals surface area contributed by atoms with Crippen LogP contribution in [-0.4, -0.2) is 15.9 Å². The smallest absolute Gasteiger partial charge is 0.230 e. The number of carbonyl (C=O) groups excluding carboxylic acids is 1. The Morgan fingerprint density at radius 3 is 2.71 bits per heavy atom. The molecule has 14 heavy (non-hydrogen) atoms. The number of nitrogens with two attached hydrogens (primary N) is 2. The monoisotopic (exact) mass is 276 g/mol. The van der Waals surface area contributed by atoms with E-state index >= 15 is 0 Å². The second-order valence-electron chi connectivity index (χ2n) is 2.64. The lowest BCUT2D eigenvalue weighted by atomic mass is 10.3. The van der Waals surface area contributed by atoms with Gasteiger partial charge in [0, 0.05) is 10.2 Å². The van der Waals surface area contributed by atoms with Gasteiger partial charge in [-0.05, 0) is 18.2 Å². The lowest BCUT2D eigenvalue weighted by Gasteiger charge is -2.04. The summed E-state index contributed by atoms with van der Waals surface area (Å²) in [4.78, 5) is 11.0. The third-order valence-electron chi connectivity index (χ3n) is 1.49. The molecule has 1 atom stereocenters. The zero-order chi connectivity index (χ0) is 10.7. The number of hydrogen-bond donors (Lipinski definition) is 2. The van der Waals surface area contributed by atoms with Crippen LogP contribution in [0.5, 0.6) is 0 Å². The molecule has 1 amide bonds. The molecule has 0 saturated carbocycles. The molecule has 4 N–H and O–H groups in total. The summed E-state index contributed by atoms with van der Waals surface area (Å²) in [6.45, 7) is 0. The number of rotatable bonds is 3. The van der Waals surface area contributed by atoms with Crippen LogP contribution in [0.15, 0.2) is 27.6 Å². The highest BCUT2D eigenvalue weighted by molar-refractivity contribution is 9.10. The topological polar surface area (TPSA) is 86.2 Å². The Hall–Kier alpha value is -0.880. The van der Waals surface area contributed by atoms with Gasteiger partial charge in [-0.3, -0.25) is 9.00 Å². The molecule has 0 bridgehead atoms. The number of nitrogen functional groups attached to an aromatic ring is 1. The molecule has 1 rings (SSSR count). The summed E-state index contributed by atoms with van der Waals surface area (Å²) >= 11 is 3.22. The fourth-order valence-corrected chi connectivity index (χ4v) is 2.43. The molecule has 0 heterocycles. The maximum Gasteiger partial charge on any atom is 0.230 e. The summed E-state index contributed by atoms with van der Waals surface area (Å²) in [6.07, 6.45) is 0. The van der Waals surface area contributed by atoms with Crippen molar-refractivity contribution in [3.8, 4) is 0 Å². The van der Waals surface area contributed by atoms with Crippen LogP contribution in [0.3, 0.4) is 0 Å². The summed E-state index contributed by atoms with van der Waals surface area (Å²) in [5.41, 5.74) is 10.9. The molecular formula is C8H9BrN2O2S. The van der Waals surface area contributed by atoms with E-state index in [-0.39, 0.29) is 5.75 Å². The second kappa shape index (κ2) is 4.56. The molecule has 76 valence electrons. The summed E-state index contributed by atoms with van der Waals surface area (Å²) in [5, 5.41) is 0. The van der Waals surface area contributed by atoms with E-state index in [2.05, 4.69) is 15.9 Å². The third-order valence-corrected chi connectivity index (χ3v) is 3.38. The Kier molecular flexibility index (Phi) is 3.65. The van der Waals surface area contributed by atoms with E-state index in [1.54, 1.807) is 18.2 Å². The van der Waals surface area contributed by atoms with E-state index in [9.17, 15) is 9.00 Å². The quantitative estimate of drug-likeness (QED) is 0.794. The van der Waals surface area contributed by atoms with Crippen molar-refractivity contribution >= 4 is 38.3 Å². The van der Waals surface area contributed by atoms with E-state index in [1.807, 2.05) is 0 Å². The van der Waals surface area contributed by atoms with Gasteiger partial charge in [-0.2, -0.15) is 0 Å². The number of carbonyl (C=O) groups is 1. The molecule has 1 aromatic rings. The predicted octanol–water partition coefficient (Wildman–Crippen LogP) is 0.624. The summed E-state index contributed by atoms with van der Waals surface area (Å²) in [6, 6.07) is 4.98. The van der Waals surface area contributed by atoms with Crippen LogP contribution in [-0.2, 0) is 15.6 Å². The molecule has 0 fully saturated rings. The molecule has 0 aliphatic carbocycles. The molecule has 0 spiro atoms. The van der Waals surface area contributed by atoms with Crippen LogP contribution in [0.2, 0.25) is 0 Å². The average Bonchev–Trinajstić information content (AvgIpc) is 2.08. The first-order valence-electron chi connectivity index (χ1n) is 3.72. The second-order valence-corrected chi connectivity index (χ2v) is 4.97. The molecule has 1 unspecified atom stereocenters. The SMILES string of the molecule is NC(=O)CS(=O)c1cc(Br)ccc1N. The van der Waals surface area contributed by atoms with Gasteiger partial charge in [0.15, 0.2) is 0 Å². The van der Waals surface area contributed by atoms with Crippen LogP contribution in [0.25, 0.3) is 0 Å². The van der Waals surface area contributed by atoms with E-state index in [4.69, 9.17) is 11.5 Å². The molecule has 0 aliphatic heterocycles. The Morgan fingerprint density at radius 1 is 1.50 bits per heavy atom. The lowest BCUT2D eigenvalue weighted by molar-refractivity contribution is -0.115. The van der Waals surface area contributed by atoms with Crippen LogP contribution in [0.4, 0.5) is 5.69 Å². The van der Waals surface area contributed by atoms with Crippen molar-refractivity contribution in [2.24, 2.45) is 5.73 Å². The number of anilines is 1. The van der Waals surface area contributed by atoms with Crippen molar-refractivity contribution in [2.45, 2.75) is 4.90 Å². The number of amides is 1. The average molecular weight is 277 g/mol. The number of primary amides is 1. The first-order valence-corrected chi connectivity index (χ1v) is 5.83. The molecular weight excluding hydrogens is 268 g/mol. The highest BCUT2D eigenvalue weighted by Crippen LogP contribution is 2.21. The molecule has 0 saturated heterocycles. The van der Waals surface area contributed by atoms with Gasteiger partial charge in [-0.1, -0.05) is 15.9 Å². The number of benzene rings is 1. The van der Waals surface area contributed by atoms with Crippen molar-refractivity contribution in [1.29, 1.82) is 0 Å².